The Kier molecular flexibility index (Phi) is 5.07. The Bertz CT molecular complexity index is 973. The van der Waals surface area contributed by atoms with Crippen LogP contribution in [0.1, 0.15) is 16.7 Å². The number of ether oxygens (including phenoxy) is 1. The molecule has 1 amide bonds. The van der Waals surface area contributed by atoms with Crippen LogP contribution in [-0.4, -0.2) is 35.6 Å². The standard InChI is InChI=1S/C23H24N2O2/c1-27-15-14-24-16-20-12-13-25(17-19-8-5-9-21(24)23(19)20)22(26)11-10-18-6-3-2-4-7-18/h2-11,16H,12-15,17H2,1H3. The van der Waals surface area contributed by atoms with E-state index >= 15 is 0 Å². The highest BCUT2D eigenvalue weighted by Gasteiger charge is 2.21. The van der Waals surface area contributed by atoms with Crippen molar-refractivity contribution in [3.8, 4) is 0 Å². The van der Waals surface area contributed by atoms with Gasteiger partial charge in [-0.3, -0.25) is 4.79 Å². The van der Waals surface area contributed by atoms with Gasteiger partial charge in [-0.05, 0) is 35.3 Å². The SMILES string of the molecule is COCCn1cc2c3c(cccc31)CN(C(=O)C=Cc1ccccc1)CC2. The van der Waals surface area contributed by atoms with Gasteiger partial charge in [-0.25, -0.2) is 0 Å². The normalized spacial score (nSPS) is 14.0. The predicted molar refractivity (Wildman–Crippen MR) is 108 cm³/mol. The fraction of sp³-hybridized carbons (Fsp3) is 0.261. The van der Waals surface area contributed by atoms with Gasteiger partial charge < -0.3 is 14.2 Å². The molecule has 4 heteroatoms. The monoisotopic (exact) mass is 360 g/mol. The molecule has 1 aromatic heterocycles. The molecule has 0 unspecified atom stereocenters. The summed E-state index contributed by atoms with van der Waals surface area (Å²) in [5.41, 5.74) is 4.81. The summed E-state index contributed by atoms with van der Waals surface area (Å²) in [6.45, 7) is 2.92. The second-order valence-electron chi connectivity index (χ2n) is 6.91. The summed E-state index contributed by atoms with van der Waals surface area (Å²) in [7, 11) is 1.73. The number of benzene rings is 2. The Morgan fingerprint density at radius 3 is 2.78 bits per heavy atom. The number of amides is 1. The zero-order chi connectivity index (χ0) is 18.6. The van der Waals surface area contributed by atoms with E-state index < -0.39 is 0 Å². The Morgan fingerprint density at radius 1 is 1.11 bits per heavy atom. The van der Waals surface area contributed by atoms with Gasteiger partial charge in [-0.15, -0.1) is 0 Å². The number of hydrogen-bond acceptors (Lipinski definition) is 2. The molecule has 0 spiro atoms. The Labute approximate surface area is 159 Å². The van der Waals surface area contributed by atoms with Crippen LogP contribution in [-0.2, 0) is 29.0 Å². The van der Waals surface area contributed by atoms with Gasteiger partial charge in [-0.2, -0.15) is 0 Å². The maximum atomic E-state index is 12.7. The van der Waals surface area contributed by atoms with Crippen molar-refractivity contribution in [3.05, 3.63) is 77.5 Å². The van der Waals surface area contributed by atoms with Crippen molar-refractivity contribution in [2.24, 2.45) is 0 Å². The Morgan fingerprint density at radius 2 is 1.96 bits per heavy atom. The van der Waals surface area contributed by atoms with E-state index in [-0.39, 0.29) is 5.91 Å². The summed E-state index contributed by atoms with van der Waals surface area (Å²) < 4.78 is 7.51. The molecule has 4 rings (SSSR count). The summed E-state index contributed by atoms with van der Waals surface area (Å²) in [4.78, 5) is 14.7. The van der Waals surface area contributed by atoms with Crippen LogP contribution in [0.25, 0.3) is 17.0 Å². The number of carbonyl (C=O) groups is 1. The number of rotatable bonds is 5. The number of nitrogens with zero attached hydrogens (tertiary/aromatic N) is 2. The number of hydrogen-bond donors (Lipinski definition) is 0. The molecule has 0 saturated carbocycles. The average Bonchev–Trinajstić information content (AvgIpc) is 2.95. The van der Waals surface area contributed by atoms with Gasteiger partial charge in [0.25, 0.3) is 0 Å². The molecule has 1 aliphatic rings. The van der Waals surface area contributed by atoms with Crippen LogP contribution in [0.15, 0.2) is 60.8 Å². The molecule has 0 aliphatic carbocycles. The summed E-state index contributed by atoms with van der Waals surface area (Å²) >= 11 is 0. The molecule has 2 aromatic carbocycles. The molecule has 0 bridgehead atoms. The Hall–Kier alpha value is -2.85. The summed E-state index contributed by atoms with van der Waals surface area (Å²) in [6.07, 6.45) is 6.67. The van der Waals surface area contributed by atoms with Gasteiger partial charge in [0.1, 0.15) is 0 Å². The van der Waals surface area contributed by atoms with Crippen LogP contribution in [0.2, 0.25) is 0 Å². The van der Waals surface area contributed by atoms with Crippen molar-refractivity contribution in [1.82, 2.24) is 9.47 Å². The average molecular weight is 360 g/mol. The van der Waals surface area contributed by atoms with Gasteiger partial charge >= 0.3 is 0 Å². The molecular formula is C23H24N2O2. The molecule has 0 N–H and O–H groups in total. The van der Waals surface area contributed by atoms with Crippen LogP contribution in [0, 0.1) is 0 Å². The van der Waals surface area contributed by atoms with Crippen LogP contribution < -0.4 is 0 Å². The molecule has 0 saturated heterocycles. The maximum absolute atomic E-state index is 12.7. The molecule has 0 atom stereocenters. The topological polar surface area (TPSA) is 34.5 Å². The lowest BCUT2D eigenvalue weighted by Crippen LogP contribution is -2.30. The second kappa shape index (κ2) is 7.80. The smallest absolute Gasteiger partial charge is 0.246 e. The highest BCUT2D eigenvalue weighted by molar-refractivity contribution is 5.93. The molecule has 2 heterocycles. The molecule has 27 heavy (non-hydrogen) atoms. The number of carbonyl (C=O) groups excluding carboxylic acids is 1. The summed E-state index contributed by atoms with van der Waals surface area (Å²) in [5.74, 6) is 0.0632. The molecule has 138 valence electrons. The van der Waals surface area contributed by atoms with E-state index in [2.05, 4.69) is 29.0 Å². The lowest BCUT2D eigenvalue weighted by molar-refractivity contribution is -0.126. The minimum Gasteiger partial charge on any atom is -0.383 e. The van der Waals surface area contributed by atoms with Crippen molar-refractivity contribution in [3.63, 3.8) is 0 Å². The Balaban J connectivity index is 1.57. The van der Waals surface area contributed by atoms with E-state index in [0.29, 0.717) is 13.2 Å². The fourth-order valence-electron chi connectivity index (χ4n) is 3.78. The van der Waals surface area contributed by atoms with E-state index in [1.165, 1.54) is 22.0 Å². The molecule has 3 aromatic rings. The molecule has 0 radical (unpaired) electrons. The van der Waals surface area contributed by atoms with E-state index in [1.54, 1.807) is 13.2 Å². The maximum Gasteiger partial charge on any atom is 0.246 e. The van der Waals surface area contributed by atoms with E-state index in [4.69, 9.17) is 4.74 Å². The molecule has 0 fully saturated rings. The largest absolute Gasteiger partial charge is 0.383 e. The molecular weight excluding hydrogens is 336 g/mol. The van der Waals surface area contributed by atoms with Crippen LogP contribution in [0.5, 0.6) is 0 Å². The van der Waals surface area contributed by atoms with E-state index in [0.717, 1.165) is 25.1 Å². The van der Waals surface area contributed by atoms with E-state index in [1.807, 2.05) is 41.3 Å². The number of aromatic nitrogens is 1. The van der Waals surface area contributed by atoms with Crippen molar-refractivity contribution in [1.29, 1.82) is 0 Å². The van der Waals surface area contributed by atoms with Crippen molar-refractivity contribution < 1.29 is 9.53 Å². The van der Waals surface area contributed by atoms with Crippen LogP contribution >= 0.6 is 0 Å². The van der Waals surface area contributed by atoms with Gasteiger partial charge in [0.05, 0.1) is 6.61 Å². The molecule has 1 aliphatic heterocycles. The third kappa shape index (κ3) is 3.67. The number of methoxy groups -OCH3 is 1. The van der Waals surface area contributed by atoms with E-state index in [9.17, 15) is 4.79 Å². The summed E-state index contributed by atoms with van der Waals surface area (Å²) in [5, 5.41) is 1.30. The van der Waals surface area contributed by atoms with Crippen molar-refractivity contribution >= 4 is 22.9 Å². The summed E-state index contributed by atoms with van der Waals surface area (Å²) in [6, 6.07) is 16.3. The third-order valence-electron chi connectivity index (χ3n) is 5.15. The first-order valence-electron chi connectivity index (χ1n) is 9.37. The first-order valence-corrected chi connectivity index (χ1v) is 9.37. The van der Waals surface area contributed by atoms with Crippen LogP contribution in [0.3, 0.4) is 0 Å². The highest BCUT2D eigenvalue weighted by atomic mass is 16.5. The first kappa shape index (κ1) is 17.6. The van der Waals surface area contributed by atoms with Crippen molar-refractivity contribution in [2.45, 2.75) is 19.5 Å². The predicted octanol–water partition coefficient (Wildman–Crippen LogP) is 3.89. The van der Waals surface area contributed by atoms with Crippen molar-refractivity contribution in [2.75, 3.05) is 20.3 Å². The zero-order valence-electron chi connectivity index (χ0n) is 15.6. The molecule has 4 nitrogen and oxygen atoms in total. The minimum absolute atomic E-state index is 0.0632. The quantitative estimate of drug-likeness (QED) is 0.647. The van der Waals surface area contributed by atoms with Gasteiger partial charge in [-0.1, -0.05) is 42.5 Å². The van der Waals surface area contributed by atoms with Gasteiger partial charge in [0.15, 0.2) is 0 Å². The zero-order valence-corrected chi connectivity index (χ0v) is 15.6. The van der Waals surface area contributed by atoms with Gasteiger partial charge in [0, 0.05) is 49.9 Å². The lowest BCUT2D eigenvalue weighted by Gasteiger charge is -2.19. The second-order valence-corrected chi connectivity index (χ2v) is 6.91. The van der Waals surface area contributed by atoms with Crippen LogP contribution in [0.4, 0.5) is 0 Å². The van der Waals surface area contributed by atoms with Gasteiger partial charge in [0.2, 0.25) is 5.91 Å². The lowest BCUT2D eigenvalue weighted by atomic mass is 10.1. The highest BCUT2D eigenvalue weighted by Crippen LogP contribution is 2.29. The first-order chi connectivity index (χ1) is 13.3. The third-order valence-corrected chi connectivity index (χ3v) is 5.15. The fourth-order valence-corrected chi connectivity index (χ4v) is 3.78. The minimum atomic E-state index is 0.0632.